The zero-order chi connectivity index (χ0) is 21.2. The SMILES string of the molecule is C=CCN(CC=C)C(=O)c1ccc(NC(=O)NCc2ccc(N(C)C)cc2)cc1. The Balaban J connectivity index is 1.89. The molecule has 0 unspecified atom stereocenters. The summed E-state index contributed by atoms with van der Waals surface area (Å²) >= 11 is 0. The van der Waals surface area contributed by atoms with Gasteiger partial charge in [-0.1, -0.05) is 24.3 Å². The second kappa shape index (κ2) is 10.7. The van der Waals surface area contributed by atoms with Crippen LogP contribution in [-0.2, 0) is 6.54 Å². The molecule has 0 aliphatic rings. The number of carbonyl (C=O) groups is 2. The summed E-state index contributed by atoms with van der Waals surface area (Å²) in [6.07, 6.45) is 3.35. The van der Waals surface area contributed by atoms with Gasteiger partial charge in [0.1, 0.15) is 0 Å². The van der Waals surface area contributed by atoms with E-state index in [2.05, 4.69) is 23.8 Å². The molecular formula is C23H28N4O2. The second-order valence-electron chi connectivity index (χ2n) is 6.73. The number of carbonyl (C=O) groups excluding carboxylic acids is 2. The van der Waals surface area contributed by atoms with Gasteiger partial charge in [0.2, 0.25) is 0 Å². The first-order valence-electron chi connectivity index (χ1n) is 9.37. The summed E-state index contributed by atoms with van der Waals surface area (Å²) in [4.78, 5) is 28.3. The minimum atomic E-state index is -0.305. The number of hydrogen-bond donors (Lipinski definition) is 2. The van der Waals surface area contributed by atoms with Gasteiger partial charge in [0.25, 0.3) is 5.91 Å². The molecule has 0 aliphatic heterocycles. The van der Waals surface area contributed by atoms with Crippen molar-refractivity contribution in [2.45, 2.75) is 6.54 Å². The van der Waals surface area contributed by atoms with Crippen LogP contribution in [0, 0.1) is 0 Å². The topological polar surface area (TPSA) is 64.7 Å². The van der Waals surface area contributed by atoms with Crippen molar-refractivity contribution in [2.24, 2.45) is 0 Å². The Morgan fingerprint density at radius 1 is 0.931 bits per heavy atom. The third kappa shape index (κ3) is 6.53. The zero-order valence-corrected chi connectivity index (χ0v) is 17.0. The molecule has 0 radical (unpaired) electrons. The molecule has 0 aliphatic carbocycles. The maximum Gasteiger partial charge on any atom is 0.319 e. The Kier molecular flexibility index (Phi) is 8.03. The largest absolute Gasteiger partial charge is 0.378 e. The van der Waals surface area contributed by atoms with Crippen molar-refractivity contribution in [1.82, 2.24) is 10.2 Å². The minimum absolute atomic E-state index is 0.109. The van der Waals surface area contributed by atoms with Gasteiger partial charge in [-0.15, -0.1) is 13.2 Å². The summed E-state index contributed by atoms with van der Waals surface area (Å²) in [5.41, 5.74) is 3.27. The van der Waals surface area contributed by atoms with Crippen molar-refractivity contribution in [3.05, 3.63) is 85.0 Å². The first kappa shape index (κ1) is 21.8. The zero-order valence-electron chi connectivity index (χ0n) is 17.0. The standard InChI is InChI=1S/C23H28N4O2/c1-5-15-27(16-6-2)22(28)19-9-11-20(12-10-19)25-23(29)24-17-18-7-13-21(14-8-18)26(3)4/h5-14H,1-2,15-17H2,3-4H3,(H2,24,25,29). The summed E-state index contributed by atoms with van der Waals surface area (Å²) in [7, 11) is 3.96. The molecule has 0 heterocycles. The van der Waals surface area contributed by atoms with Gasteiger partial charge in [-0.25, -0.2) is 4.79 Å². The quantitative estimate of drug-likeness (QED) is 0.637. The van der Waals surface area contributed by atoms with E-state index in [0.717, 1.165) is 11.3 Å². The first-order valence-corrected chi connectivity index (χ1v) is 9.37. The van der Waals surface area contributed by atoms with Crippen LogP contribution in [0.25, 0.3) is 0 Å². The molecule has 2 N–H and O–H groups in total. The van der Waals surface area contributed by atoms with Gasteiger partial charge in [0, 0.05) is 50.7 Å². The Bertz CT molecular complexity index is 832. The molecule has 152 valence electrons. The molecule has 0 aromatic heterocycles. The Morgan fingerprint density at radius 3 is 2.03 bits per heavy atom. The lowest BCUT2D eigenvalue weighted by molar-refractivity contribution is 0.0791. The molecule has 0 fully saturated rings. The third-order valence-electron chi connectivity index (χ3n) is 4.28. The molecule has 2 rings (SSSR count). The van der Waals surface area contributed by atoms with Crippen molar-refractivity contribution in [2.75, 3.05) is 37.4 Å². The van der Waals surface area contributed by atoms with Crippen LogP contribution in [0.15, 0.2) is 73.8 Å². The van der Waals surface area contributed by atoms with Gasteiger partial charge >= 0.3 is 6.03 Å². The summed E-state index contributed by atoms with van der Waals surface area (Å²) in [6.45, 7) is 8.66. The van der Waals surface area contributed by atoms with E-state index in [1.807, 2.05) is 43.3 Å². The second-order valence-corrected chi connectivity index (χ2v) is 6.73. The number of urea groups is 1. The molecule has 2 aromatic carbocycles. The highest BCUT2D eigenvalue weighted by Crippen LogP contribution is 2.13. The number of nitrogens with zero attached hydrogens (tertiary/aromatic N) is 2. The van der Waals surface area contributed by atoms with Gasteiger partial charge in [0.05, 0.1) is 0 Å². The number of amides is 3. The van der Waals surface area contributed by atoms with Crippen LogP contribution in [0.4, 0.5) is 16.2 Å². The number of rotatable bonds is 9. The fourth-order valence-electron chi connectivity index (χ4n) is 2.70. The van der Waals surface area contributed by atoms with Crippen molar-refractivity contribution < 1.29 is 9.59 Å². The van der Waals surface area contributed by atoms with Gasteiger partial charge in [-0.3, -0.25) is 4.79 Å². The van der Waals surface area contributed by atoms with Gasteiger partial charge in [0.15, 0.2) is 0 Å². The van der Waals surface area contributed by atoms with Gasteiger partial charge in [-0.05, 0) is 42.0 Å². The predicted octanol–water partition coefficient (Wildman–Crippen LogP) is 3.89. The van der Waals surface area contributed by atoms with Crippen LogP contribution >= 0.6 is 0 Å². The lowest BCUT2D eigenvalue weighted by Crippen LogP contribution is -2.31. The Hall–Kier alpha value is -3.54. The van der Waals surface area contributed by atoms with Crippen LogP contribution in [0.5, 0.6) is 0 Å². The lowest BCUT2D eigenvalue weighted by Gasteiger charge is -2.19. The van der Waals surface area contributed by atoms with Crippen LogP contribution in [0.2, 0.25) is 0 Å². The van der Waals surface area contributed by atoms with E-state index >= 15 is 0 Å². The molecule has 0 saturated heterocycles. The number of nitrogens with one attached hydrogen (secondary N) is 2. The van der Waals surface area contributed by atoms with Gasteiger partial charge in [-0.2, -0.15) is 0 Å². The van der Waals surface area contributed by atoms with Gasteiger partial charge < -0.3 is 20.4 Å². The van der Waals surface area contributed by atoms with Crippen molar-refractivity contribution in [1.29, 1.82) is 0 Å². The highest BCUT2D eigenvalue weighted by atomic mass is 16.2. The van der Waals surface area contributed by atoms with Crippen LogP contribution in [0.3, 0.4) is 0 Å². The van der Waals surface area contributed by atoms with E-state index in [1.54, 1.807) is 41.3 Å². The maximum atomic E-state index is 12.5. The monoisotopic (exact) mass is 392 g/mol. The maximum absolute atomic E-state index is 12.5. The van der Waals surface area contributed by atoms with Crippen LogP contribution in [0.1, 0.15) is 15.9 Å². The lowest BCUT2D eigenvalue weighted by atomic mass is 10.1. The molecule has 0 atom stereocenters. The Labute approximate surface area is 172 Å². The molecule has 0 bridgehead atoms. The predicted molar refractivity (Wildman–Crippen MR) is 119 cm³/mol. The molecular weight excluding hydrogens is 364 g/mol. The molecule has 6 heteroatoms. The fraction of sp³-hybridized carbons (Fsp3) is 0.217. The van der Waals surface area contributed by atoms with Crippen molar-refractivity contribution in [3.63, 3.8) is 0 Å². The average Bonchev–Trinajstić information content (AvgIpc) is 2.72. The summed E-state index contributed by atoms with van der Waals surface area (Å²) in [5.74, 6) is -0.109. The summed E-state index contributed by atoms with van der Waals surface area (Å²) < 4.78 is 0. The Morgan fingerprint density at radius 2 is 1.52 bits per heavy atom. The van der Waals surface area contributed by atoms with Crippen LogP contribution < -0.4 is 15.5 Å². The third-order valence-corrected chi connectivity index (χ3v) is 4.28. The molecule has 3 amide bonds. The van der Waals surface area contributed by atoms with E-state index in [0.29, 0.717) is 30.9 Å². The molecule has 2 aromatic rings. The number of anilines is 2. The smallest absolute Gasteiger partial charge is 0.319 e. The molecule has 0 saturated carbocycles. The van der Waals surface area contributed by atoms with Crippen molar-refractivity contribution >= 4 is 23.3 Å². The van der Waals surface area contributed by atoms with Crippen LogP contribution in [-0.4, -0.2) is 44.0 Å². The van der Waals surface area contributed by atoms with E-state index in [9.17, 15) is 9.59 Å². The molecule has 6 nitrogen and oxygen atoms in total. The van der Waals surface area contributed by atoms with E-state index in [-0.39, 0.29) is 11.9 Å². The van der Waals surface area contributed by atoms with E-state index < -0.39 is 0 Å². The number of benzene rings is 2. The van der Waals surface area contributed by atoms with Crippen molar-refractivity contribution in [3.8, 4) is 0 Å². The van der Waals surface area contributed by atoms with E-state index in [1.165, 1.54) is 0 Å². The number of hydrogen-bond acceptors (Lipinski definition) is 3. The molecule has 0 spiro atoms. The first-order chi connectivity index (χ1) is 13.9. The highest BCUT2D eigenvalue weighted by Gasteiger charge is 2.13. The minimum Gasteiger partial charge on any atom is -0.378 e. The average molecular weight is 393 g/mol. The van der Waals surface area contributed by atoms with E-state index in [4.69, 9.17) is 0 Å². The fourth-order valence-corrected chi connectivity index (χ4v) is 2.70. The molecule has 29 heavy (non-hydrogen) atoms. The summed E-state index contributed by atoms with van der Waals surface area (Å²) in [5, 5.41) is 5.60. The normalized spacial score (nSPS) is 10.0. The summed E-state index contributed by atoms with van der Waals surface area (Å²) in [6, 6.07) is 14.5. The highest BCUT2D eigenvalue weighted by molar-refractivity contribution is 5.95.